The van der Waals surface area contributed by atoms with Crippen molar-refractivity contribution in [2.75, 3.05) is 10.2 Å². The highest BCUT2D eigenvalue weighted by Gasteiger charge is 2.24. The highest BCUT2D eigenvalue weighted by atomic mass is 19.1. The van der Waals surface area contributed by atoms with Crippen LogP contribution in [0.2, 0.25) is 0 Å². The van der Waals surface area contributed by atoms with Gasteiger partial charge in [-0.25, -0.2) is 14.2 Å². The van der Waals surface area contributed by atoms with Crippen molar-refractivity contribution in [1.82, 2.24) is 9.55 Å². The number of aromatic carboxylic acids is 1. The van der Waals surface area contributed by atoms with Gasteiger partial charge in [0.2, 0.25) is 5.95 Å². The molecule has 1 aliphatic heterocycles. The number of hydrogen-bond donors (Lipinski definition) is 2. The third kappa shape index (κ3) is 4.01. The molecule has 2 heterocycles. The minimum atomic E-state index is -1.16. The largest absolute Gasteiger partial charge is 0.478 e. The Bertz CT molecular complexity index is 1520. The van der Waals surface area contributed by atoms with Crippen LogP contribution in [0.5, 0.6) is 0 Å². The molecule has 7 nitrogen and oxygen atoms in total. The van der Waals surface area contributed by atoms with Crippen molar-refractivity contribution in [1.29, 1.82) is 0 Å². The molecule has 1 aromatic heterocycles. The first kappa shape index (κ1) is 22.6. The quantitative estimate of drug-likeness (QED) is 0.435. The van der Waals surface area contributed by atoms with E-state index in [1.807, 2.05) is 38.1 Å². The summed E-state index contributed by atoms with van der Waals surface area (Å²) in [4.78, 5) is 32.1. The summed E-state index contributed by atoms with van der Waals surface area (Å²) in [5, 5.41) is 13.1. The average Bonchev–Trinajstić information content (AvgIpc) is 3.25. The third-order valence-corrected chi connectivity index (χ3v) is 6.50. The molecule has 0 amide bonds. The van der Waals surface area contributed by atoms with Crippen LogP contribution in [0.15, 0.2) is 59.4 Å². The molecule has 1 aliphatic rings. The number of carbonyl (C=O) groups is 1. The molecule has 0 spiro atoms. The third-order valence-electron chi connectivity index (χ3n) is 6.50. The normalized spacial score (nSPS) is 13.7. The van der Waals surface area contributed by atoms with E-state index in [4.69, 9.17) is 4.98 Å². The van der Waals surface area contributed by atoms with Gasteiger partial charge >= 0.3 is 5.97 Å². The second kappa shape index (κ2) is 8.54. The number of aryl methyl sites for hydroxylation is 1. The fraction of sp³-hybridized carbons (Fsp3) is 0.222. The van der Waals surface area contributed by atoms with Gasteiger partial charge in [0, 0.05) is 25.7 Å². The van der Waals surface area contributed by atoms with Crippen molar-refractivity contribution in [2.45, 2.75) is 33.0 Å². The lowest BCUT2D eigenvalue weighted by Crippen LogP contribution is -2.28. The molecule has 0 saturated heterocycles. The summed E-state index contributed by atoms with van der Waals surface area (Å²) in [6, 6.07) is 15.0. The Balaban J connectivity index is 1.61. The fourth-order valence-electron chi connectivity index (χ4n) is 4.76. The molecule has 8 heteroatoms. The van der Waals surface area contributed by atoms with Crippen molar-refractivity contribution in [3.8, 4) is 0 Å². The lowest BCUT2D eigenvalue weighted by molar-refractivity contribution is 0.0698. The first-order valence-electron chi connectivity index (χ1n) is 11.4. The minimum absolute atomic E-state index is 0.0328. The molecule has 0 fully saturated rings. The van der Waals surface area contributed by atoms with Crippen molar-refractivity contribution in [2.24, 2.45) is 7.05 Å². The number of carboxylic acids is 1. The van der Waals surface area contributed by atoms with Gasteiger partial charge in [-0.05, 0) is 54.8 Å². The molecule has 0 bridgehead atoms. The van der Waals surface area contributed by atoms with E-state index in [2.05, 4.69) is 22.3 Å². The number of carboxylic acid groups (broad SMARTS) is 1. The summed E-state index contributed by atoms with van der Waals surface area (Å²) in [7, 11) is 1.72. The number of hydrogen-bond acceptors (Lipinski definition) is 5. The first-order chi connectivity index (χ1) is 16.7. The smallest absolute Gasteiger partial charge is 0.337 e. The first-order valence-corrected chi connectivity index (χ1v) is 11.4. The van der Waals surface area contributed by atoms with Crippen LogP contribution in [0.1, 0.15) is 45.6 Å². The molecule has 0 radical (unpaired) electrons. The van der Waals surface area contributed by atoms with Crippen molar-refractivity contribution in [3.05, 3.63) is 98.6 Å². The van der Waals surface area contributed by atoms with Crippen LogP contribution in [0, 0.1) is 12.7 Å². The summed E-state index contributed by atoms with van der Waals surface area (Å²) in [5.41, 5.74) is 4.53. The second-order valence-corrected chi connectivity index (χ2v) is 9.01. The molecule has 178 valence electrons. The van der Waals surface area contributed by atoms with Crippen LogP contribution >= 0.6 is 0 Å². The zero-order valence-electron chi connectivity index (χ0n) is 19.7. The van der Waals surface area contributed by atoms with Crippen molar-refractivity contribution in [3.63, 3.8) is 0 Å². The van der Waals surface area contributed by atoms with E-state index < -0.39 is 17.8 Å². The number of anilines is 2. The standard InChI is InChI=1S/C27H25FN4O3/c1-15-10-21(16(2)29-23-12-19(28)8-9-20(23)26(34)35)24-22(11-15)25(33)31(3)27(30-24)32-13-17-6-4-5-7-18(17)14-32/h4-12,16,29H,13-14H2,1-3H3,(H,34,35). The van der Waals surface area contributed by atoms with Crippen LogP contribution in [0.25, 0.3) is 10.9 Å². The zero-order valence-corrected chi connectivity index (χ0v) is 19.7. The molecule has 4 aromatic rings. The Kier molecular flexibility index (Phi) is 5.51. The number of rotatable bonds is 5. The average molecular weight is 473 g/mol. The van der Waals surface area contributed by atoms with Crippen LogP contribution in [-0.4, -0.2) is 20.6 Å². The molecular formula is C27H25FN4O3. The Morgan fingerprint density at radius 2 is 1.80 bits per heavy atom. The Hall–Kier alpha value is -4.20. The Labute approximate surface area is 201 Å². The predicted octanol–water partition coefficient (Wildman–Crippen LogP) is 4.77. The predicted molar refractivity (Wildman–Crippen MR) is 133 cm³/mol. The van der Waals surface area contributed by atoms with E-state index in [-0.39, 0.29) is 16.8 Å². The summed E-state index contributed by atoms with van der Waals surface area (Å²) in [6.07, 6.45) is 0. The van der Waals surface area contributed by atoms with E-state index in [0.29, 0.717) is 29.9 Å². The number of nitrogens with zero attached hydrogens (tertiary/aromatic N) is 3. The number of nitrogens with one attached hydrogen (secondary N) is 1. The zero-order chi connectivity index (χ0) is 24.9. The lowest BCUT2D eigenvalue weighted by atomic mass is 10.0. The van der Waals surface area contributed by atoms with Gasteiger partial charge in [-0.3, -0.25) is 9.36 Å². The molecule has 0 saturated carbocycles. The van der Waals surface area contributed by atoms with Gasteiger partial charge < -0.3 is 15.3 Å². The second-order valence-electron chi connectivity index (χ2n) is 9.01. The summed E-state index contributed by atoms with van der Waals surface area (Å²) in [6.45, 7) is 5.05. The van der Waals surface area contributed by atoms with Crippen LogP contribution in [0.3, 0.4) is 0 Å². The molecule has 35 heavy (non-hydrogen) atoms. The molecular weight excluding hydrogens is 447 g/mol. The Morgan fingerprint density at radius 3 is 2.46 bits per heavy atom. The minimum Gasteiger partial charge on any atom is -0.478 e. The van der Waals surface area contributed by atoms with Gasteiger partial charge in [-0.1, -0.05) is 30.3 Å². The summed E-state index contributed by atoms with van der Waals surface area (Å²) >= 11 is 0. The van der Waals surface area contributed by atoms with Gasteiger partial charge in [0.1, 0.15) is 5.82 Å². The van der Waals surface area contributed by atoms with E-state index in [1.165, 1.54) is 17.2 Å². The maximum Gasteiger partial charge on any atom is 0.337 e. The maximum atomic E-state index is 13.9. The maximum absolute atomic E-state index is 13.9. The number of benzene rings is 3. The van der Waals surface area contributed by atoms with Crippen molar-refractivity contribution < 1.29 is 14.3 Å². The molecule has 5 rings (SSSR count). The molecule has 3 aromatic carbocycles. The molecule has 2 N–H and O–H groups in total. The van der Waals surface area contributed by atoms with Crippen LogP contribution < -0.4 is 15.8 Å². The van der Waals surface area contributed by atoms with Gasteiger partial charge in [0.15, 0.2) is 0 Å². The highest BCUT2D eigenvalue weighted by molar-refractivity contribution is 5.94. The van der Waals surface area contributed by atoms with Gasteiger partial charge in [0.25, 0.3) is 5.56 Å². The SMILES string of the molecule is Cc1cc(C(C)Nc2cc(F)ccc2C(=O)O)c2nc(N3Cc4ccccc4C3)n(C)c(=O)c2c1. The molecule has 1 unspecified atom stereocenters. The lowest BCUT2D eigenvalue weighted by Gasteiger charge is -2.23. The van der Waals surface area contributed by atoms with Crippen LogP contribution in [-0.2, 0) is 20.1 Å². The number of halogens is 1. The molecule has 1 atom stereocenters. The fourth-order valence-corrected chi connectivity index (χ4v) is 4.76. The number of fused-ring (bicyclic) bond motifs is 2. The van der Waals surface area contributed by atoms with Crippen LogP contribution in [0.4, 0.5) is 16.0 Å². The van der Waals surface area contributed by atoms with Crippen molar-refractivity contribution >= 4 is 28.5 Å². The van der Waals surface area contributed by atoms with Gasteiger partial charge in [-0.2, -0.15) is 0 Å². The van der Waals surface area contributed by atoms with E-state index in [0.717, 1.165) is 23.3 Å². The van der Waals surface area contributed by atoms with E-state index in [9.17, 15) is 19.1 Å². The topological polar surface area (TPSA) is 87.5 Å². The van der Waals surface area contributed by atoms with E-state index >= 15 is 0 Å². The number of aromatic nitrogens is 2. The molecule has 0 aliphatic carbocycles. The summed E-state index contributed by atoms with van der Waals surface area (Å²) in [5.74, 6) is -1.13. The van der Waals surface area contributed by atoms with E-state index in [1.54, 1.807) is 11.6 Å². The Morgan fingerprint density at radius 1 is 1.11 bits per heavy atom. The summed E-state index contributed by atoms with van der Waals surface area (Å²) < 4.78 is 15.5. The monoisotopic (exact) mass is 472 g/mol. The van der Waals surface area contributed by atoms with Gasteiger partial charge in [-0.15, -0.1) is 0 Å². The van der Waals surface area contributed by atoms with Gasteiger partial charge in [0.05, 0.1) is 28.2 Å². The highest BCUT2D eigenvalue weighted by Crippen LogP contribution is 2.31.